The van der Waals surface area contributed by atoms with Gasteiger partial charge in [0.25, 0.3) is 0 Å². The Balaban J connectivity index is 4.19. The van der Waals surface area contributed by atoms with Gasteiger partial charge >= 0.3 is 11.9 Å². The molecule has 43 heavy (non-hydrogen) atoms. The topological polar surface area (TPSA) is 115 Å². The predicted molar refractivity (Wildman–Crippen MR) is 175 cm³/mol. The maximum absolute atomic E-state index is 11.6. The van der Waals surface area contributed by atoms with Gasteiger partial charge in [0.2, 0.25) is 0 Å². The van der Waals surface area contributed by atoms with Crippen LogP contribution >= 0.6 is 0 Å². The van der Waals surface area contributed by atoms with E-state index in [0.29, 0.717) is 6.54 Å². The first-order valence-electron chi connectivity index (χ1n) is 17.7. The molecule has 0 amide bonds. The molecule has 0 aromatic heterocycles. The molecule has 0 aliphatic carbocycles. The zero-order valence-electron chi connectivity index (χ0n) is 28.3. The number of aliphatic carboxylic acids is 3. The summed E-state index contributed by atoms with van der Waals surface area (Å²) in [6.45, 7) is 8.14. The van der Waals surface area contributed by atoms with Crippen LogP contribution in [0.4, 0.5) is 0 Å². The molecule has 252 valence electrons. The van der Waals surface area contributed by atoms with Crippen molar-refractivity contribution < 1.29 is 34.2 Å². The van der Waals surface area contributed by atoms with Crippen LogP contribution in [0, 0.1) is 17.8 Å². The van der Waals surface area contributed by atoms with Crippen LogP contribution in [0.5, 0.6) is 0 Å². The molecule has 3 atom stereocenters. The van der Waals surface area contributed by atoms with E-state index in [2.05, 4.69) is 19.1 Å². The maximum Gasteiger partial charge on any atom is 0.311 e. The highest BCUT2D eigenvalue weighted by Crippen LogP contribution is 2.21. The summed E-state index contributed by atoms with van der Waals surface area (Å²) in [4.78, 5) is 34.8. The minimum atomic E-state index is -1.19. The Morgan fingerprint density at radius 3 is 1.23 bits per heavy atom. The van der Waals surface area contributed by atoms with E-state index in [1.54, 1.807) is 20.8 Å². The second-order valence-corrected chi connectivity index (χ2v) is 13.4. The van der Waals surface area contributed by atoms with E-state index in [9.17, 15) is 29.7 Å². The highest BCUT2D eigenvalue weighted by molar-refractivity contribution is 5.70. The molecule has 7 nitrogen and oxygen atoms in total. The molecule has 0 rings (SSSR count). The second kappa shape index (κ2) is 26.5. The number of carboxylic acids is 3. The molecule has 0 spiro atoms. The number of carboxylic acid groups (broad SMARTS) is 3. The van der Waals surface area contributed by atoms with Gasteiger partial charge in [-0.3, -0.25) is 9.59 Å². The van der Waals surface area contributed by atoms with Crippen LogP contribution in [-0.4, -0.2) is 58.8 Å². The fraction of sp³-hybridized carbons (Fsp3) is 0.861. The summed E-state index contributed by atoms with van der Waals surface area (Å²) in [6.07, 6.45) is 30.2. The third-order valence-corrected chi connectivity index (χ3v) is 8.87. The van der Waals surface area contributed by atoms with Gasteiger partial charge in [0.1, 0.15) is 11.8 Å². The van der Waals surface area contributed by atoms with Gasteiger partial charge in [-0.2, -0.15) is 0 Å². The highest BCUT2D eigenvalue weighted by atomic mass is 16.4. The maximum atomic E-state index is 11.6. The molecule has 0 radical (unpaired) electrons. The number of hydrogen-bond donors (Lipinski definition) is 2. The molecule has 3 unspecified atom stereocenters. The Morgan fingerprint density at radius 1 is 0.558 bits per heavy atom. The van der Waals surface area contributed by atoms with Crippen molar-refractivity contribution >= 4 is 17.9 Å². The predicted octanol–water partition coefficient (Wildman–Crippen LogP) is 8.01. The molecule has 0 saturated carbocycles. The number of nitrogens with zero attached hydrogens (tertiary/aromatic N) is 1. The zero-order valence-corrected chi connectivity index (χ0v) is 28.3. The number of rotatable bonds is 31. The molecular weight excluding hydrogens is 542 g/mol. The first-order chi connectivity index (χ1) is 20.5. The van der Waals surface area contributed by atoms with E-state index in [0.717, 1.165) is 19.3 Å². The van der Waals surface area contributed by atoms with Gasteiger partial charge in [0.05, 0.1) is 26.2 Å². The molecule has 0 aliphatic heterocycles. The van der Waals surface area contributed by atoms with Crippen molar-refractivity contribution in [2.45, 2.75) is 156 Å². The van der Waals surface area contributed by atoms with Crippen LogP contribution in [0.25, 0.3) is 0 Å². The monoisotopic (exact) mass is 609 g/mol. The Kier molecular flexibility index (Phi) is 25.3. The van der Waals surface area contributed by atoms with Crippen molar-refractivity contribution in [1.29, 1.82) is 0 Å². The third-order valence-electron chi connectivity index (χ3n) is 8.87. The summed E-state index contributed by atoms with van der Waals surface area (Å²) in [6, 6.07) is 0. The van der Waals surface area contributed by atoms with Crippen LogP contribution in [0.1, 0.15) is 156 Å². The number of unbranched alkanes of at least 4 members (excludes halogenated alkanes) is 18. The summed E-state index contributed by atoms with van der Waals surface area (Å²) in [5.41, 5.74) is 0. The van der Waals surface area contributed by atoms with E-state index in [-0.39, 0.29) is 24.1 Å². The molecule has 0 fully saturated rings. The summed E-state index contributed by atoms with van der Waals surface area (Å²) in [5.74, 6) is -5.31. The molecule has 0 bridgehead atoms. The number of quaternary nitrogens is 1. The SMILES string of the molecule is CCCCCCCCCCCCCCCCCCC/C=C/CCC[N+](CC(C)C(=O)[O-])(CC(C)C(=O)O)CC(C)C(=O)O. The van der Waals surface area contributed by atoms with Crippen molar-refractivity contribution in [3.8, 4) is 0 Å². The molecule has 7 heteroatoms. The van der Waals surface area contributed by atoms with E-state index in [1.165, 1.54) is 109 Å². The van der Waals surface area contributed by atoms with Crippen LogP contribution < -0.4 is 5.11 Å². The quantitative estimate of drug-likeness (QED) is 0.0467. The summed E-state index contributed by atoms with van der Waals surface area (Å²) >= 11 is 0. The van der Waals surface area contributed by atoms with E-state index in [1.807, 2.05) is 0 Å². The lowest BCUT2D eigenvalue weighted by molar-refractivity contribution is -0.934. The van der Waals surface area contributed by atoms with E-state index in [4.69, 9.17) is 0 Å². The summed E-state index contributed by atoms with van der Waals surface area (Å²) in [7, 11) is 0. The lowest BCUT2D eigenvalue weighted by atomic mass is 10.0. The van der Waals surface area contributed by atoms with Gasteiger partial charge in [0.15, 0.2) is 0 Å². The molecule has 0 saturated heterocycles. The van der Waals surface area contributed by atoms with Gasteiger partial charge in [-0.05, 0) is 33.1 Å². The minimum absolute atomic E-state index is 0.156. The van der Waals surface area contributed by atoms with Crippen LogP contribution in [0.3, 0.4) is 0 Å². The Labute approximate surface area is 264 Å². The van der Waals surface area contributed by atoms with Crippen molar-refractivity contribution in [2.75, 3.05) is 26.2 Å². The Hall–Kier alpha value is -1.89. The highest BCUT2D eigenvalue weighted by Gasteiger charge is 2.36. The Morgan fingerprint density at radius 2 is 0.884 bits per heavy atom. The van der Waals surface area contributed by atoms with Crippen LogP contribution in [-0.2, 0) is 14.4 Å². The van der Waals surface area contributed by atoms with Crippen LogP contribution in [0.15, 0.2) is 12.2 Å². The largest absolute Gasteiger partial charge is 0.550 e. The smallest absolute Gasteiger partial charge is 0.311 e. The first-order valence-corrected chi connectivity index (χ1v) is 17.7. The minimum Gasteiger partial charge on any atom is -0.550 e. The molecule has 0 aliphatic rings. The lowest BCUT2D eigenvalue weighted by Gasteiger charge is -2.43. The molecular formula is C36H67NO6. The lowest BCUT2D eigenvalue weighted by Crippen LogP contribution is -2.58. The third kappa shape index (κ3) is 23.2. The number of carbonyl (C=O) groups is 3. The molecule has 0 aromatic rings. The molecule has 0 aromatic carbocycles. The van der Waals surface area contributed by atoms with Gasteiger partial charge < -0.3 is 24.6 Å². The Bertz CT molecular complexity index is 697. The number of hydrogen-bond acceptors (Lipinski definition) is 4. The normalized spacial score (nSPS) is 15.3. The standard InChI is InChI=1S/C36H67NO6/c1-5-6-7-8-9-10-11-12-13-14-15-16-17-18-19-20-21-22-23-24-25-26-27-37(28-31(2)34(38)39,29-32(3)35(40)41)30-33(4)36(42)43/h23-24,31-33H,5-22,25-30H2,1-4H3,(H2-,38,39,40,41,42,43)/b24-23+. The summed E-state index contributed by atoms with van der Waals surface area (Å²) < 4.78 is 0.156. The fourth-order valence-corrected chi connectivity index (χ4v) is 6.24. The summed E-state index contributed by atoms with van der Waals surface area (Å²) in [5, 5.41) is 30.6. The fourth-order valence-electron chi connectivity index (χ4n) is 6.24. The van der Waals surface area contributed by atoms with Gasteiger partial charge in [-0.25, -0.2) is 0 Å². The van der Waals surface area contributed by atoms with Crippen LogP contribution in [0.2, 0.25) is 0 Å². The van der Waals surface area contributed by atoms with E-state index < -0.39 is 35.7 Å². The van der Waals surface area contributed by atoms with E-state index >= 15 is 0 Å². The van der Waals surface area contributed by atoms with Gasteiger partial charge in [-0.15, -0.1) is 0 Å². The average molecular weight is 610 g/mol. The number of carbonyl (C=O) groups excluding carboxylic acids is 1. The number of allylic oxidation sites excluding steroid dienone is 2. The van der Waals surface area contributed by atoms with Crippen molar-refractivity contribution in [1.82, 2.24) is 0 Å². The van der Waals surface area contributed by atoms with Gasteiger partial charge in [-0.1, -0.05) is 129 Å². The molecule has 0 heterocycles. The van der Waals surface area contributed by atoms with Crippen molar-refractivity contribution in [2.24, 2.45) is 17.8 Å². The first kappa shape index (κ1) is 41.1. The van der Waals surface area contributed by atoms with Crippen molar-refractivity contribution in [3.05, 3.63) is 12.2 Å². The zero-order chi connectivity index (χ0) is 32.3. The molecule has 2 N–H and O–H groups in total. The van der Waals surface area contributed by atoms with Gasteiger partial charge in [0, 0.05) is 18.3 Å². The van der Waals surface area contributed by atoms with Crippen molar-refractivity contribution in [3.63, 3.8) is 0 Å². The average Bonchev–Trinajstić information content (AvgIpc) is 2.95. The second-order valence-electron chi connectivity index (χ2n) is 13.4.